The average molecular weight is 387 g/mol. The van der Waals surface area contributed by atoms with Crippen LogP contribution in [0.3, 0.4) is 0 Å². The van der Waals surface area contributed by atoms with E-state index in [1.54, 1.807) is 0 Å². The van der Waals surface area contributed by atoms with Crippen LogP contribution in [0.15, 0.2) is 64.5 Å². The van der Waals surface area contributed by atoms with Gasteiger partial charge in [0, 0.05) is 22.0 Å². The van der Waals surface area contributed by atoms with Gasteiger partial charge in [-0.25, -0.2) is 4.98 Å². The van der Waals surface area contributed by atoms with E-state index in [0.29, 0.717) is 13.0 Å². The molecular formula is C18H15BrN2OS. The van der Waals surface area contributed by atoms with Crippen molar-refractivity contribution in [1.29, 1.82) is 0 Å². The largest absolute Gasteiger partial charge is 0.352 e. The van der Waals surface area contributed by atoms with Crippen molar-refractivity contribution in [1.82, 2.24) is 10.3 Å². The standard InChI is InChI=1S/C18H15BrN2OS/c19-15-9-5-4-8-14(15)16-12-23-18(21-16)10-17(22)20-11-13-6-2-1-3-7-13/h1-9,12H,10-11H2,(H,20,22). The molecule has 1 N–H and O–H groups in total. The highest BCUT2D eigenvalue weighted by Crippen LogP contribution is 2.28. The number of nitrogens with one attached hydrogen (secondary N) is 1. The summed E-state index contributed by atoms with van der Waals surface area (Å²) in [6.45, 7) is 0.544. The van der Waals surface area contributed by atoms with E-state index in [0.717, 1.165) is 26.3 Å². The van der Waals surface area contributed by atoms with Crippen LogP contribution in [0.1, 0.15) is 10.6 Å². The van der Waals surface area contributed by atoms with Crippen LogP contribution < -0.4 is 5.32 Å². The Morgan fingerprint density at radius 1 is 1.09 bits per heavy atom. The predicted octanol–water partition coefficient (Wildman–Crippen LogP) is 4.43. The molecule has 0 aliphatic rings. The minimum Gasteiger partial charge on any atom is -0.352 e. The zero-order chi connectivity index (χ0) is 16.1. The Morgan fingerprint density at radius 3 is 2.61 bits per heavy atom. The molecule has 1 amide bonds. The zero-order valence-corrected chi connectivity index (χ0v) is 14.7. The molecule has 5 heteroatoms. The zero-order valence-electron chi connectivity index (χ0n) is 12.3. The molecule has 3 rings (SSSR count). The minimum absolute atomic E-state index is 0.0121. The molecule has 0 unspecified atom stereocenters. The summed E-state index contributed by atoms with van der Waals surface area (Å²) in [7, 11) is 0. The fraction of sp³-hybridized carbons (Fsp3) is 0.111. The van der Waals surface area contributed by atoms with Crippen LogP contribution in [-0.4, -0.2) is 10.9 Å². The van der Waals surface area contributed by atoms with E-state index in [9.17, 15) is 4.79 Å². The number of carbonyl (C=O) groups is 1. The maximum absolute atomic E-state index is 12.0. The number of carbonyl (C=O) groups excluding carboxylic acids is 1. The molecule has 1 aromatic heterocycles. The SMILES string of the molecule is O=C(Cc1nc(-c2ccccc2Br)cs1)NCc1ccccc1. The predicted molar refractivity (Wildman–Crippen MR) is 97.2 cm³/mol. The van der Waals surface area contributed by atoms with Crippen LogP contribution in [0, 0.1) is 0 Å². The number of hydrogen-bond acceptors (Lipinski definition) is 3. The van der Waals surface area contributed by atoms with Gasteiger partial charge in [-0.1, -0.05) is 64.5 Å². The van der Waals surface area contributed by atoms with Crippen molar-refractivity contribution >= 4 is 33.2 Å². The summed E-state index contributed by atoms with van der Waals surface area (Å²) in [5.41, 5.74) is 3.03. The molecule has 116 valence electrons. The molecule has 0 saturated carbocycles. The lowest BCUT2D eigenvalue weighted by molar-refractivity contribution is -0.120. The molecule has 3 nitrogen and oxygen atoms in total. The van der Waals surface area contributed by atoms with E-state index in [2.05, 4.69) is 26.2 Å². The molecule has 0 fully saturated rings. The molecule has 1 heterocycles. The second-order valence-electron chi connectivity index (χ2n) is 5.05. The normalized spacial score (nSPS) is 10.5. The summed E-state index contributed by atoms with van der Waals surface area (Å²) in [5, 5.41) is 5.73. The second-order valence-corrected chi connectivity index (χ2v) is 6.84. The van der Waals surface area contributed by atoms with Gasteiger partial charge in [-0.15, -0.1) is 11.3 Å². The lowest BCUT2D eigenvalue weighted by Gasteiger charge is -2.04. The van der Waals surface area contributed by atoms with E-state index >= 15 is 0 Å². The molecule has 0 radical (unpaired) electrons. The van der Waals surface area contributed by atoms with Crippen LogP contribution in [-0.2, 0) is 17.8 Å². The van der Waals surface area contributed by atoms with Crippen LogP contribution in [0.5, 0.6) is 0 Å². The van der Waals surface area contributed by atoms with Gasteiger partial charge in [0.25, 0.3) is 0 Å². The maximum atomic E-state index is 12.0. The van der Waals surface area contributed by atoms with Crippen molar-refractivity contribution in [3.63, 3.8) is 0 Å². The van der Waals surface area contributed by atoms with Crippen molar-refractivity contribution in [2.75, 3.05) is 0 Å². The number of rotatable bonds is 5. The first kappa shape index (κ1) is 15.9. The minimum atomic E-state index is -0.0121. The lowest BCUT2D eigenvalue weighted by atomic mass is 10.2. The Labute approximate surface area is 147 Å². The van der Waals surface area contributed by atoms with Crippen molar-refractivity contribution < 1.29 is 4.79 Å². The highest BCUT2D eigenvalue weighted by Gasteiger charge is 2.10. The summed E-state index contributed by atoms with van der Waals surface area (Å²) < 4.78 is 1.00. The third-order valence-electron chi connectivity index (χ3n) is 3.35. The number of nitrogens with zero attached hydrogens (tertiary/aromatic N) is 1. The second kappa shape index (κ2) is 7.53. The number of hydrogen-bond donors (Lipinski definition) is 1. The topological polar surface area (TPSA) is 42.0 Å². The molecular weight excluding hydrogens is 372 g/mol. The summed E-state index contributed by atoms with van der Waals surface area (Å²) in [4.78, 5) is 16.6. The van der Waals surface area contributed by atoms with Crippen molar-refractivity contribution in [2.24, 2.45) is 0 Å². The quantitative estimate of drug-likeness (QED) is 0.704. The highest BCUT2D eigenvalue weighted by molar-refractivity contribution is 9.10. The highest BCUT2D eigenvalue weighted by atomic mass is 79.9. The molecule has 0 atom stereocenters. The first-order chi connectivity index (χ1) is 11.2. The van der Waals surface area contributed by atoms with Crippen LogP contribution in [0.25, 0.3) is 11.3 Å². The fourth-order valence-electron chi connectivity index (χ4n) is 2.18. The van der Waals surface area contributed by atoms with Gasteiger partial charge >= 0.3 is 0 Å². The Balaban J connectivity index is 1.61. The van der Waals surface area contributed by atoms with Crippen LogP contribution in [0.4, 0.5) is 0 Å². The van der Waals surface area contributed by atoms with Gasteiger partial charge in [0.2, 0.25) is 5.91 Å². The lowest BCUT2D eigenvalue weighted by Crippen LogP contribution is -2.24. The Kier molecular flexibility index (Phi) is 5.20. The summed E-state index contributed by atoms with van der Waals surface area (Å²) in [6, 6.07) is 17.8. The van der Waals surface area contributed by atoms with E-state index in [1.165, 1.54) is 11.3 Å². The van der Waals surface area contributed by atoms with Crippen LogP contribution >= 0.6 is 27.3 Å². The number of thiazole rings is 1. The molecule has 3 aromatic rings. The van der Waals surface area contributed by atoms with Gasteiger partial charge in [-0.3, -0.25) is 4.79 Å². The smallest absolute Gasteiger partial charge is 0.227 e. The number of halogens is 1. The van der Waals surface area contributed by atoms with Gasteiger partial charge in [0.05, 0.1) is 12.1 Å². The molecule has 0 saturated heterocycles. The first-order valence-corrected chi connectivity index (χ1v) is 8.89. The van der Waals surface area contributed by atoms with Crippen molar-refractivity contribution in [3.05, 3.63) is 75.0 Å². The summed E-state index contributed by atoms with van der Waals surface area (Å²) in [5.74, 6) is -0.0121. The van der Waals surface area contributed by atoms with E-state index in [4.69, 9.17) is 0 Å². The van der Waals surface area contributed by atoms with Gasteiger partial charge in [-0.2, -0.15) is 0 Å². The van der Waals surface area contributed by atoms with Gasteiger partial charge in [-0.05, 0) is 11.6 Å². The van der Waals surface area contributed by atoms with Gasteiger partial charge < -0.3 is 5.32 Å². The average Bonchev–Trinajstić information content (AvgIpc) is 3.02. The number of amides is 1. The van der Waals surface area contributed by atoms with Gasteiger partial charge in [0.15, 0.2) is 0 Å². The number of aromatic nitrogens is 1. The fourth-order valence-corrected chi connectivity index (χ4v) is 3.46. The van der Waals surface area contributed by atoms with E-state index < -0.39 is 0 Å². The maximum Gasteiger partial charge on any atom is 0.227 e. The first-order valence-electron chi connectivity index (χ1n) is 7.22. The Bertz CT molecular complexity index is 802. The molecule has 0 bridgehead atoms. The molecule has 2 aromatic carbocycles. The molecule has 0 spiro atoms. The Morgan fingerprint density at radius 2 is 1.83 bits per heavy atom. The van der Waals surface area contributed by atoms with Crippen molar-refractivity contribution in [3.8, 4) is 11.3 Å². The van der Waals surface area contributed by atoms with E-state index in [-0.39, 0.29) is 5.91 Å². The molecule has 0 aliphatic carbocycles. The summed E-state index contributed by atoms with van der Waals surface area (Å²) >= 11 is 5.04. The molecule has 23 heavy (non-hydrogen) atoms. The van der Waals surface area contributed by atoms with Crippen molar-refractivity contribution in [2.45, 2.75) is 13.0 Å². The Hall–Kier alpha value is -1.98. The third kappa shape index (κ3) is 4.27. The van der Waals surface area contributed by atoms with E-state index in [1.807, 2.05) is 60.0 Å². The van der Waals surface area contributed by atoms with Gasteiger partial charge in [0.1, 0.15) is 5.01 Å². The van der Waals surface area contributed by atoms with Crippen LogP contribution in [0.2, 0.25) is 0 Å². The number of benzene rings is 2. The monoisotopic (exact) mass is 386 g/mol. The summed E-state index contributed by atoms with van der Waals surface area (Å²) in [6.07, 6.45) is 0.307. The third-order valence-corrected chi connectivity index (χ3v) is 4.89. The molecule has 0 aliphatic heterocycles.